The average molecular weight is 393 g/mol. The number of carbonyl (C=O) groups excluding carboxylic acids is 2. The van der Waals surface area contributed by atoms with Crippen molar-refractivity contribution in [2.24, 2.45) is 5.92 Å². The molecule has 1 aromatic carbocycles. The van der Waals surface area contributed by atoms with Crippen molar-refractivity contribution in [3.05, 3.63) is 40.3 Å². The summed E-state index contributed by atoms with van der Waals surface area (Å²) in [6, 6.07) is 5.68. The normalized spacial score (nSPS) is 18.1. The van der Waals surface area contributed by atoms with E-state index in [4.69, 9.17) is 12.2 Å². The van der Waals surface area contributed by atoms with E-state index >= 15 is 0 Å². The first-order chi connectivity index (χ1) is 12.2. The van der Waals surface area contributed by atoms with Gasteiger partial charge in [0.15, 0.2) is 0 Å². The number of rotatable bonds is 6. The van der Waals surface area contributed by atoms with E-state index in [2.05, 4.69) is 5.32 Å². The molecule has 1 fully saturated rings. The van der Waals surface area contributed by atoms with Crippen LogP contribution in [-0.2, 0) is 9.59 Å². The van der Waals surface area contributed by atoms with Crippen LogP contribution in [0.2, 0.25) is 0 Å². The van der Waals surface area contributed by atoms with Crippen LogP contribution in [-0.4, -0.2) is 45.2 Å². The topological polar surface area (TPSA) is 86.7 Å². The van der Waals surface area contributed by atoms with Crippen LogP contribution in [0, 0.1) is 5.92 Å². The Labute approximate surface area is 161 Å². The molecule has 138 valence electrons. The van der Waals surface area contributed by atoms with Gasteiger partial charge in [-0.05, 0) is 29.7 Å². The summed E-state index contributed by atoms with van der Waals surface area (Å²) in [6.45, 7) is 3.66. The summed E-state index contributed by atoms with van der Waals surface area (Å²) >= 11 is 6.31. The lowest BCUT2D eigenvalue weighted by atomic mass is 9.99. The largest absolute Gasteiger partial charge is 0.480 e. The van der Waals surface area contributed by atoms with E-state index < -0.39 is 17.9 Å². The second-order valence-corrected chi connectivity index (χ2v) is 7.71. The summed E-state index contributed by atoms with van der Waals surface area (Å²) in [5.74, 6) is -1.82. The molecular formula is C18H20N2O4S2. The first-order valence-electron chi connectivity index (χ1n) is 8.09. The maximum absolute atomic E-state index is 12.3. The number of hydrogen-bond donors (Lipinski definition) is 2. The van der Waals surface area contributed by atoms with Gasteiger partial charge in [-0.15, -0.1) is 0 Å². The van der Waals surface area contributed by atoms with Crippen molar-refractivity contribution in [3.8, 4) is 0 Å². The minimum absolute atomic E-state index is 0.153. The zero-order valence-corrected chi connectivity index (χ0v) is 16.3. The Morgan fingerprint density at radius 3 is 2.42 bits per heavy atom. The highest BCUT2D eigenvalue weighted by molar-refractivity contribution is 8.26. The second-order valence-electron chi connectivity index (χ2n) is 6.04. The van der Waals surface area contributed by atoms with Crippen LogP contribution in [0.4, 0.5) is 0 Å². The summed E-state index contributed by atoms with van der Waals surface area (Å²) < 4.78 is 0.502. The van der Waals surface area contributed by atoms with Gasteiger partial charge >= 0.3 is 5.97 Å². The first kappa shape index (κ1) is 20.1. The molecule has 26 heavy (non-hydrogen) atoms. The molecule has 2 rings (SSSR count). The Morgan fingerprint density at radius 2 is 1.96 bits per heavy atom. The minimum Gasteiger partial charge on any atom is -0.480 e. The van der Waals surface area contributed by atoms with Crippen LogP contribution in [0.1, 0.15) is 36.2 Å². The van der Waals surface area contributed by atoms with Gasteiger partial charge in [0.25, 0.3) is 11.8 Å². The van der Waals surface area contributed by atoms with Gasteiger partial charge in [-0.25, -0.2) is 4.79 Å². The van der Waals surface area contributed by atoms with Crippen molar-refractivity contribution in [2.45, 2.75) is 26.3 Å². The van der Waals surface area contributed by atoms with E-state index in [0.717, 1.165) is 5.56 Å². The number of carbonyl (C=O) groups is 3. The number of aliphatic carboxylic acids is 1. The van der Waals surface area contributed by atoms with Gasteiger partial charge in [0.1, 0.15) is 10.4 Å². The van der Waals surface area contributed by atoms with Crippen LogP contribution in [0.5, 0.6) is 0 Å². The van der Waals surface area contributed by atoms with E-state index in [1.54, 1.807) is 44.3 Å². The Kier molecular flexibility index (Phi) is 6.55. The standard InChI is InChI=1S/C18H20N2O4S2/c1-4-10(2)14(17(23)24)19-15(21)12-7-5-11(6-8-12)9-13-16(22)20(3)18(25)26-13/h5-10,14H,4H2,1-3H3,(H,19,21)(H,23,24)/b13-9+/t10-,14+/m0/s1. The fourth-order valence-electron chi connectivity index (χ4n) is 2.34. The zero-order valence-electron chi connectivity index (χ0n) is 14.7. The molecule has 2 atom stereocenters. The molecule has 0 radical (unpaired) electrons. The molecule has 0 spiro atoms. The van der Waals surface area contributed by atoms with Crippen molar-refractivity contribution < 1.29 is 19.5 Å². The van der Waals surface area contributed by atoms with Gasteiger partial charge in [-0.1, -0.05) is 56.4 Å². The zero-order chi connectivity index (χ0) is 19.4. The minimum atomic E-state index is -1.05. The highest BCUT2D eigenvalue weighted by atomic mass is 32.2. The molecule has 0 unspecified atom stereocenters. The predicted molar refractivity (Wildman–Crippen MR) is 106 cm³/mol. The summed E-state index contributed by atoms with van der Waals surface area (Å²) in [4.78, 5) is 37.6. The first-order valence-corrected chi connectivity index (χ1v) is 9.32. The molecule has 1 aliphatic rings. The predicted octanol–water partition coefficient (Wildman–Crippen LogP) is 2.75. The third-order valence-electron chi connectivity index (χ3n) is 4.22. The molecule has 0 aliphatic carbocycles. The summed E-state index contributed by atoms with van der Waals surface area (Å²) in [7, 11) is 1.63. The Balaban J connectivity index is 2.12. The molecule has 2 N–H and O–H groups in total. The molecule has 0 aromatic heterocycles. The van der Waals surface area contributed by atoms with Gasteiger partial charge in [0.2, 0.25) is 0 Å². The maximum atomic E-state index is 12.3. The van der Waals surface area contributed by atoms with E-state index in [9.17, 15) is 19.5 Å². The fourth-order valence-corrected chi connectivity index (χ4v) is 3.51. The number of carboxylic acid groups (broad SMARTS) is 1. The molecule has 0 bridgehead atoms. The van der Waals surface area contributed by atoms with Gasteiger partial charge in [-0.2, -0.15) is 0 Å². The highest BCUT2D eigenvalue weighted by Crippen LogP contribution is 2.31. The van der Waals surface area contributed by atoms with Gasteiger partial charge < -0.3 is 10.4 Å². The number of nitrogens with one attached hydrogen (secondary N) is 1. The van der Waals surface area contributed by atoms with E-state index in [1.807, 2.05) is 6.92 Å². The third kappa shape index (κ3) is 4.50. The van der Waals surface area contributed by atoms with Crippen LogP contribution < -0.4 is 5.32 Å². The highest BCUT2D eigenvalue weighted by Gasteiger charge is 2.29. The molecule has 8 heteroatoms. The van der Waals surface area contributed by atoms with E-state index in [-0.39, 0.29) is 11.8 Å². The van der Waals surface area contributed by atoms with Crippen molar-refractivity contribution in [2.75, 3.05) is 7.05 Å². The van der Waals surface area contributed by atoms with Gasteiger partial charge in [0.05, 0.1) is 4.91 Å². The van der Waals surface area contributed by atoms with Crippen LogP contribution in [0.3, 0.4) is 0 Å². The number of nitrogens with zero attached hydrogens (tertiary/aromatic N) is 1. The lowest BCUT2D eigenvalue weighted by Gasteiger charge is -2.20. The number of amides is 2. The number of carboxylic acids is 1. The van der Waals surface area contributed by atoms with Crippen LogP contribution in [0.25, 0.3) is 6.08 Å². The lowest BCUT2D eigenvalue weighted by molar-refractivity contribution is -0.140. The number of likely N-dealkylation sites (N-methyl/N-ethyl adjacent to an activating group) is 1. The average Bonchev–Trinajstić information content (AvgIpc) is 2.86. The lowest BCUT2D eigenvalue weighted by Crippen LogP contribution is -2.45. The third-order valence-corrected chi connectivity index (χ3v) is 5.71. The van der Waals surface area contributed by atoms with E-state index in [1.165, 1.54) is 16.7 Å². The molecule has 6 nitrogen and oxygen atoms in total. The number of thioether (sulfide) groups is 1. The molecule has 0 saturated carbocycles. The summed E-state index contributed by atoms with van der Waals surface area (Å²) in [6.07, 6.45) is 2.36. The Hall–Kier alpha value is -2.19. The molecule has 1 aromatic rings. The second kappa shape index (κ2) is 8.46. The number of thiocarbonyl (C=S) groups is 1. The van der Waals surface area contributed by atoms with Crippen molar-refractivity contribution in [1.82, 2.24) is 10.2 Å². The molecule has 1 saturated heterocycles. The van der Waals surface area contributed by atoms with Crippen LogP contribution >= 0.6 is 24.0 Å². The van der Waals surface area contributed by atoms with Crippen molar-refractivity contribution in [1.29, 1.82) is 0 Å². The molecule has 1 heterocycles. The van der Waals surface area contributed by atoms with Crippen LogP contribution in [0.15, 0.2) is 29.2 Å². The monoisotopic (exact) mass is 392 g/mol. The molecule has 1 aliphatic heterocycles. The smallest absolute Gasteiger partial charge is 0.326 e. The molecular weight excluding hydrogens is 372 g/mol. The Bertz CT molecular complexity index is 774. The number of hydrogen-bond acceptors (Lipinski definition) is 5. The van der Waals surface area contributed by atoms with Crippen molar-refractivity contribution >= 4 is 52.2 Å². The van der Waals surface area contributed by atoms with E-state index in [0.29, 0.717) is 21.2 Å². The Morgan fingerprint density at radius 1 is 1.35 bits per heavy atom. The molecule has 2 amide bonds. The maximum Gasteiger partial charge on any atom is 0.326 e. The summed E-state index contributed by atoms with van der Waals surface area (Å²) in [5.41, 5.74) is 1.12. The van der Waals surface area contributed by atoms with Gasteiger partial charge in [-0.3, -0.25) is 14.5 Å². The van der Waals surface area contributed by atoms with Gasteiger partial charge in [0, 0.05) is 12.6 Å². The fraction of sp³-hybridized carbons (Fsp3) is 0.333. The SMILES string of the molecule is CC[C@H](C)[C@@H](NC(=O)c1ccc(/C=C2/SC(=S)N(C)C2=O)cc1)C(=O)O. The summed E-state index contributed by atoms with van der Waals surface area (Å²) in [5, 5.41) is 11.8. The van der Waals surface area contributed by atoms with Crippen molar-refractivity contribution in [3.63, 3.8) is 0 Å². The quantitative estimate of drug-likeness (QED) is 0.572. The number of benzene rings is 1.